The zero-order valence-electron chi connectivity index (χ0n) is 21.1. The van der Waals surface area contributed by atoms with Crippen LogP contribution in [0.15, 0.2) is 72.1 Å². The van der Waals surface area contributed by atoms with Crippen LogP contribution in [0.5, 0.6) is 5.75 Å². The molecule has 0 radical (unpaired) electrons. The van der Waals surface area contributed by atoms with Crippen LogP contribution >= 0.6 is 0 Å². The zero-order valence-corrected chi connectivity index (χ0v) is 21.9. The van der Waals surface area contributed by atoms with Gasteiger partial charge in [0.05, 0.1) is 31.0 Å². The first-order chi connectivity index (χ1) is 19.0. The highest BCUT2D eigenvalue weighted by Gasteiger charge is 2.17. The predicted molar refractivity (Wildman–Crippen MR) is 140 cm³/mol. The maximum absolute atomic E-state index is 12.2. The van der Waals surface area contributed by atoms with Gasteiger partial charge >= 0.3 is 22.2 Å². The van der Waals surface area contributed by atoms with Crippen LogP contribution in [0, 0.1) is 0 Å². The molecule has 0 saturated carbocycles. The predicted octanol–water partition coefficient (Wildman–Crippen LogP) is 0.0272. The molecular formula is C25H28N4O10S. The molecule has 2 rings (SSSR count). The van der Waals surface area contributed by atoms with Crippen molar-refractivity contribution in [1.29, 1.82) is 0 Å². The smallest absolute Gasteiger partial charge is 0.407 e. The Morgan fingerprint density at radius 3 is 1.95 bits per heavy atom. The SMILES string of the molecule is O=C(O)C[C@@H](/C=C/S(=O)(=O)Oc1ccccc1)NC(=O)CNC(=O)CNC(=O)CNC(=O)OCc1ccccc1. The number of nitrogens with one attached hydrogen (secondary N) is 4. The number of amides is 4. The fraction of sp³-hybridized carbons (Fsp3) is 0.240. The van der Waals surface area contributed by atoms with E-state index in [0.717, 1.165) is 11.6 Å². The van der Waals surface area contributed by atoms with Gasteiger partial charge in [-0.2, -0.15) is 8.42 Å². The van der Waals surface area contributed by atoms with E-state index in [1.54, 1.807) is 42.5 Å². The highest BCUT2D eigenvalue weighted by atomic mass is 32.2. The van der Waals surface area contributed by atoms with E-state index < -0.39 is 72.0 Å². The van der Waals surface area contributed by atoms with Crippen LogP contribution < -0.4 is 25.5 Å². The fourth-order valence-corrected chi connectivity index (χ4v) is 3.67. The summed E-state index contributed by atoms with van der Waals surface area (Å²) in [7, 11) is -4.24. The Bertz CT molecular complexity index is 1300. The Kier molecular flexibility index (Phi) is 12.6. The first-order valence-electron chi connectivity index (χ1n) is 11.7. The lowest BCUT2D eigenvalue weighted by molar-refractivity contribution is -0.137. The number of benzene rings is 2. The van der Waals surface area contributed by atoms with Gasteiger partial charge in [0.25, 0.3) is 0 Å². The molecule has 0 aliphatic carbocycles. The van der Waals surface area contributed by atoms with Crippen LogP contribution in [0.25, 0.3) is 0 Å². The normalized spacial score (nSPS) is 11.6. The molecule has 0 fully saturated rings. The van der Waals surface area contributed by atoms with Crippen molar-refractivity contribution >= 4 is 39.9 Å². The maximum atomic E-state index is 12.2. The second kappa shape index (κ2) is 16.1. The molecule has 1 atom stereocenters. The number of carbonyl (C=O) groups is 5. The number of aliphatic carboxylic acids is 1. The van der Waals surface area contributed by atoms with Crippen molar-refractivity contribution in [3.8, 4) is 5.75 Å². The number of carbonyl (C=O) groups excluding carboxylic acids is 4. The number of hydrogen-bond acceptors (Lipinski definition) is 9. The lowest BCUT2D eigenvalue weighted by atomic mass is 10.2. The second-order valence-electron chi connectivity index (χ2n) is 7.96. The zero-order chi connectivity index (χ0) is 29.4. The molecule has 0 bridgehead atoms. The van der Waals surface area contributed by atoms with Crippen LogP contribution in [-0.4, -0.2) is 69.0 Å². The minimum Gasteiger partial charge on any atom is -0.481 e. The average molecular weight is 577 g/mol. The first kappa shape index (κ1) is 31.3. The Morgan fingerprint density at radius 1 is 0.800 bits per heavy atom. The van der Waals surface area contributed by atoms with E-state index in [4.69, 9.17) is 14.0 Å². The van der Waals surface area contributed by atoms with Crippen LogP contribution in [0.2, 0.25) is 0 Å². The van der Waals surface area contributed by atoms with Crippen LogP contribution in [0.4, 0.5) is 4.79 Å². The largest absolute Gasteiger partial charge is 0.481 e. The molecule has 214 valence electrons. The van der Waals surface area contributed by atoms with Crippen molar-refractivity contribution in [1.82, 2.24) is 21.3 Å². The quantitative estimate of drug-likeness (QED) is 0.180. The number of para-hydroxylation sites is 1. The third-order valence-corrected chi connectivity index (χ3v) is 5.59. The average Bonchev–Trinajstić information content (AvgIpc) is 2.92. The summed E-state index contributed by atoms with van der Waals surface area (Å²) in [6.07, 6.45) is -0.539. The summed E-state index contributed by atoms with van der Waals surface area (Å²) in [5.74, 6) is -3.54. The van der Waals surface area contributed by atoms with Crippen molar-refractivity contribution in [2.75, 3.05) is 19.6 Å². The molecule has 4 amide bonds. The van der Waals surface area contributed by atoms with E-state index in [1.165, 1.54) is 12.1 Å². The van der Waals surface area contributed by atoms with Crippen molar-refractivity contribution in [2.24, 2.45) is 0 Å². The Balaban J connectivity index is 1.71. The highest BCUT2D eigenvalue weighted by Crippen LogP contribution is 2.12. The molecule has 0 saturated heterocycles. The molecule has 15 heteroatoms. The third-order valence-electron chi connectivity index (χ3n) is 4.67. The maximum Gasteiger partial charge on any atom is 0.407 e. The summed E-state index contributed by atoms with van der Waals surface area (Å²) in [5.41, 5.74) is 0.759. The van der Waals surface area contributed by atoms with E-state index >= 15 is 0 Å². The van der Waals surface area contributed by atoms with Gasteiger partial charge in [-0.05, 0) is 23.8 Å². The monoisotopic (exact) mass is 576 g/mol. The van der Waals surface area contributed by atoms with Gasteiger partial charge < -0.3 is 35.3 Å². The van der Waals surface area contributed by atoms with Gasteiger partial charge in [0, 0.05) is 0 Å². The number of alkyl carbamates (subject to hydrolysis) is 1. The second-order valence-corrected chi connectivity index (χ2v) is 9.38. The standard InChI is InChI=1S/C25H28N4O10S/c30-21(14-26-22(31)15-28-25(35)38-17-18-7-3-1-4-8-18)27-16-23(32)29-19(13-24(33)34)11-12-40(36,37)39-20-9-5-2-6-10-20/h1-12,19H,13-17H2,(H,26,31)(H,27,30)(H,28,35)(H,29,32)(H,33,34)/b12-11+/t19-/m1/s1. The van der Waals surface area contributed by atoms with Gasteiger partial charge in [-0.15, -0.1) is 0 Å². The molecule has 0 spiro atoms. The number of carboxylic acids is 1. The van der Waals surface area contributed by atoms with Gasteiger partial charge in [-0.25, -0.2) is 4.79 Å². The van der Waals surface area contributed by atoms with E-state index in [2.05, 4.69) is 21.3 Å². The summed E-state index contributed by atoms with van der Waals surface area (Å²) < 4.78 is 34.0. The fourth-order valence-electron chi connectivity index (χ4n) is 2.85. The number of hydrogen-bond donors (Lipinski definition) is 5. The van der Waals surface area contributed by atoms with Crippen molar-refractivity contribution < 1.29 is 46.4 Å². The molecule has 5 N–H and O–H groups in total. The Hall–Kier alpha value is -4.92. The summed E-state index contributed by atoms with van der Waals surface area (Å²) in [5, 5.41) is 18.6. The van der Waals surface area contributed by atoms with Gasteiger partial charge in [0.2, 0.25) is 17.7 Å². The van der Waals surface area contributed by atoms with Crippen molar-refractivity contribution in [3.05, 3.63) is 77.7 Å². The number of ether oxygens (including phenoxy) is 1. The van der Waals surface area contributed by atoms with Gasteiger partial charge in [0.1, 0.15) is 18.9 Å². The molecule has 0 aliphatic heterocycles. The van der Waals surface area contributed by atoms with E-state index in [9.17, 15) is 32.4 Å². The number of carboxylic acid groups (broad SMARTS) is 1. The number of rotatable bonds is 15. The Morgan fingerprint density at radius 2 is 1.35 bits per heavy atom. The molecular weight excluding hydrogens is 548 g/mol. The summed E-state index contributed by atoms with van der Waals surface area (Å²) in [6, 6.07) is 15.2. The lowest BCUT2D eigenvalue weighted by Gasteiger charge is -2.14. The lowest BCUT2D eigenvalue weighted by Crippen LogP contribution is -2.46. The van der Waals surface area contributed by atoms with Gasteiger partial charge in [0.15, 0.2) is 0 Å². The van der Waals surface area contributed by atoms with Crippen LogP contribution in [-0.2, 0) is 40.6 Å². The van der Waals surface area contributed by atoms with E-state index in [-0.39, 0.29) is 12.4 Å². The van der Waals surface area contributed by atoms with Crippen LogP contribution in [0.3, 0.4) is 0 Å². The van der Waals surface area contributed by atoms with Crippen molar-refractivity contribution in [3.63, 3.8) is 0 Å². The molecule has 0 heterocycles. The molecule has 2 aromatic rings. The van der Waals surface area contributed by atoms with Crippen molar-refractivity contribution in [2.45, 2.75) is 19.1 Å². The van der Waals surface area contributed by atoms with E-state index in [0.29, 0.717) is 5.41 Å². The summed E-state index contributed by atoms with van der Waals surface area (Å²) in [6.45, 7) is -1.54. The molecule has 0 unspecified atom stereocenters. The van der Waals surface area contributed by atoms with Gasteiger partial charge in [-0.1, -0.05) is 48.5 Å². The van der Waals surface area contributed by atoms with Crippen LogP contribution in [0.1, 0.15) is 12.0 Å². The first-order valence-corrected chi connectivity index (χ1v) is 13.2. The highest BCUT2D eigenvalue weighted by molar-refractivity contribution is 7.90. The third kappa shape index (κ3) is 13.6. The molecule has 0 aromatic heterocycles. The molecule has 40 heavy (non-hydrogen) atoms. The minimum atomic E-state index is -4.24. The molecule has 0 aliphatic rings. The minimum absolute atomic E-state index is 0.0130. The van der Waals surface area contributed by atoms with E-state index in [1.807, 2.05) is 6.07 Å². The van der Waals surface area contributed by atoms with Gasteiger partial charge in [-0.3, -0.25) is 19.2 Å². The summed E-state index contributed by atoms with van der Waals surface area (Å²) in [4.78, 5) is 58.7. The summed E-state index contributed by atoms with van der Waals surface area (Å²) >= 11 is 0. The topological polar surface area (TPSA) is 206 Å². The molecule has 2 aromatic carbocycles. The molecule has 14 nitrogen and oxygen atoms in total. The Labute approximate surface area is 229 Å².